The molecule has 1 unspecified atom stereocenters. The van der Waals surface area contributed by atoms with Crippen molar-refractivity contribution >= 4 is 11.8 Å². The van der Waals surface area contributed by atoms with E-state index in [0.29, 0.717) is 17.9 Å². The molecule has 1 atom stereocenters. The van der Waals surface area contributed by atoms with E-state index in [1.165, 1.54) is 0 Å². The molecule has 1 aliphatic rings. The van der Waals surface area contributed by atoms with Gasteiger partial charge >= 0.3 is 0 Å². The van der Waals surface area contributed by atoms with Crippen molar-refractivity contribution in [2.75, 3.05) is 30.4 Å². The number of anilines is 2. The lowest BCUT2D eigenvalue weighted by Crippen LogP contribution is -2.27. The normalized spacial score (nSPS) is 17.8. The number of hydrogen-bond acceptors (Lipinski definition) is 7. The lowest BCUT2D eigenvalue weighted by molar-refractivity contribution is 0.397. The molecule has 0 amide bonds. The predicted octanol–water partition coefficient (Wildman–Crippen LogP) is 1.27. The molecule has 2 aromatic rings. The monoisotopic (exact) mass is 286 g/mol. The van der Waals surface area contributed by atoms with Crippen LogP contribution >= 0.6 is 0 Å². The second-order valence-electron chi connectivity index (χ2n) is 5.02. The predicted molar refractivity (Wildman–Crippen MR) is 79.6 cm³/mol. The first kappa shape index (κ1) is 13.5. The molecule has 2 aromatic heterocycles. The average molecular weight is 286 g/mol. The molecule has 1 aliphatic heterocycles. The minimum Gasteiger partial charge on any atom is -0.481 e. The van der Waals surface area contributed by atoms with Gasteiger partial charge in [-0.3, -0.25) is 4.98 Å². The molecule has 1 saturated heterocycles. The van der Waals surface area contributed by atoms with E-state index in [1.54, 1.807) is 31.8 Å². The van der Waals surface area contributed by atoms with Gasteiger partial charge in [-0.25, -0.2) is 9.97 Å². The smallest absolute Gasteiger partial charge is 0.226 e. The molecule has 0 aliphatic carbocycles. The van der Waals surface area contributed by atoms with Crippen LogP contribution in [0.15, 0.2) is 24.7 Å². The van der Waals surface area contributed by atoms with Gasteiger partial charge < -0.3 is 15.0 Å². The molecular weight excluding hydrogens is 268 g/mol. The van der Waals surface area contributed by atoms with Gasteiger partial charge in [0.1, 0.15) is 5.82 Å². The Labute approximate surface area is 123 Å². The Hall–Kier alpha value is -2.44. The lowest BCUT2D eigenvalue weighted by atomic mass is 10.3. The van der Waals surface area contributed by atoms with Crippen LogP contribution < -0.4 is 15.0 Å². The first-order valence-corrected chi connectivity index (χ1v) is 6.92. The van der Waals surface area contributed by atoms with E-state index in [4.69, 9.17) is 4.74 Å². The summed E-state index contributed by atoms with van der Waals surface area (Å²) in [7, 11) is 1.60. The number of ether oxygens (including phenoxy) is 1. The van der Waals surface area contributed by atoms with E-state index >= 15 is 0 Å². The van der Waals surface area contributed by atoms with Crippen LogP contribution in [0.2, 0.25) is 0 Å². The molecule has 7 heteroatoms. The third-order valence-corrected chi connectivity index (χ3v) is 3.43. The number of aromatic nitrogens is 4. The van der Waals surface area contributed by atoms with Crippen molar-refractivity contribution in [2.24, 2.45) is 0 Å². The van der Waals surface area contributed by atoms with E-state index in [-0.39, 0.29) is 0 Å². The average Bonchev–Trinajstić information content (AvgIpc) is 2.96. The topological polar surface area (TPSA) is 76.1 Å². The zero-order valence-corrected chi connectivity index (χ0v) is 12.2. The maximum atomic E-state index is 5.10. The van der Waals surface area contributed by atoms with E-state index in [2.05, 4.69) is 30.2 Å². The van der Waals surface area contributed by atoms with Crippen molar-refractivity contribution in [2.45, 2.75) is 19.4 Å². The highest BCUT2D eigenvalue weighted by Gasteiger charge is 2.24. The van der Waals surface area contributed by atoms with Gasteiger partial charge in [0.2, 0.25) is 11.8 Å². The lowest BCUT2D eigenvalue weighted by Gasteiger charge is -2.17. The largest absolute Gasteiger partial charge is 0.481 e. The summed E-state index contributed by atoms with van der Waals surface area (Å²) in [6, 6.07) is 2.02. The number of rotatable bonds is 4. The summed E-state index contributed by atoms with van der Waals surface area (Å²) in [5.74, 6) is 2.08. The van der Waals surface area contributed by atoms with Crippen LogP contribution in [-0.2, 0) is 0 Å². The summed E-state index contributed by atoms with van der Waals surface area (Å²) in [5.41, 5.74) is 0.931. The Bertz CT molecular complexity index is 620. The van der Waals surface area contributed by atoms with Crippen LogP contribution in [0.25, 0.3) is 0 Å². The summed E-state index contributed by atoms with van der Waals surface area (Å²) in [6.07, 6.45) is 6.26. The SMILES string of the molecule is COc1ccnc(NC2CCN(c3cncc(C)n3)C2)n1. The molecule has 1 fully saturated rings. The van der Waals surface area contributed by atoms with Crippen LogP contribution in [0.5, 0.6) is 5.88 Å². The van der Waals surface area contributed by atoms with Crippen molar-refractivity contribution in [3.63, 3.8) is 0 Å². The van der Waals surface area contributed by atoms with Gasteiger partial charge in [-0.05, 0) is 13.3 Å². The van der Waals surface area contributed by atoms with E-state index < -0.39 is 0 Å². The van der Waals surface area contributed by atoms with Gasteiger partial charge in [0.15, 0.2) is 0 Å². The molecule has 3 heterocycles. The quantitative estimate of drug-likeness (QED) is 0.907. The number of methoxy groups -OCH3 is 1. The van der Waals surface area contributed by atoms with E-state index in [9.17, 15) is 0 Å². The number of aryl methyl sites for hydroxylation is 1. The molecule has 0 saturated carbocycles. The zero-order valence-electron chi connectivity index (χ0n) is 12.2. The first-order chi connectivity index (χ1) is 10.2. The van der Waals surface area contributed by atoms with Gasteiger partial charge in [-0.15, -0.1) is 0 Å². The van der Waals surface area contributed by atoms with Gasteiger partial charge in [0.05, 0.1) is 19.0 Å². The highest BCUT2D eigenvalue weighted by atomic mass is 16.5. The molecule has 7 nitrogen and oxygen atoms in total. The van der Waals surface area contributed by atoms with Crippen LogP contribution in [0, 0.1) is 6.92 Å². The van der Waals surface area contributed by atoms with Crippen molar-refractivity contribution in [1.82, 2.24) is 19.9 Å². The standard InChI is InChI=1S/C14H18N6O/c1-10-7-15-8-12(17-10)20-6-4-11(9-20)18-14-16-5-3-13(19-14)21-2/h3,5,7-8,11H,4,6,9H2,1-2H3,(H,16,18,19). The fraction of sp³-hybridized carbons (Fsp3) is 0.429. The fourth-order valence-corrected chi connectivity index (χ4v) is 2.40. The number of hydrogen-bond donors (Lipinski definition) is 1. The van der Waals surface area contributed by atoms with Crippen molar-refractivity contribution in [3.8, 4) is 5.88 Å². The van der Waals surface area contributed by atoms with Crippen LogP contribution in [0.3, 0.4) is 0 Å². The van der Waals surface area contributed by atoms with Crippen molar-refractivity contribution < 1.29 is 4.74 Å². The third kappa shape index (κ3) is 3.18. The summed E-state index contributed by atoms with van der Waals surface area (Å²) < 4.78 is 5.10. The Morgan fingerprint density at radius 1 is 1.33 bits per heavy atom. The third-order valence-electron chi connectivity index (χ3n) is 3.43. The zero-order chi connectivity index (χ0) is 14.7. The molecule has 0 radical (unpaired) electrons. The molecule has 1 N–H and O–H groups in total. The van der Waals surface area contributed by atoms with Gasteiger partial charge in [0, 0.05) is 37.6 Å². The minimum absolute atomic E-state index is 0.291. The second-order valence-corrected chi connectivity index (χ2v) is 5.02. The van der Waals surface area contributed by atoms with Crippen molar-refractivity contribution in [3.05, 3.63) is 30.4 Å². The number of nitrogens with zero attached hydrogens (tertiary/aromatic N) is 5. The van der Waals surface area contributed by atoms with Gasteiger partial charge in [0.25, 0.3) is 0 Å². The summed E-state index contributed by atoms with van der Waals surface area (Å²) >= 11 is 0. The molecule has 21 heavy (non-hydrogen) atoms. The fourth-order valence-electron chi connectivity index (χ4n) is 2.40. The molecule has 3 rings (SSSR count). The molecular formula is C14H18N6O. The highest BCUT2D eigenvalue weighted by Crippen LogP contribution is 2.19. The van der Waals surface area contributed by atoms with E-state index in [0.717, 1.165) is 31.0 Å². The Kier molecular flexibility index (Phi) is 3.81. The first-order valence-electron chi connectivity index (χ1n) is 6.92. The number of nitrogens with one attached hydrogen (secondary N) is 1. The Morgan fingerprint density at radius 2 is 2.24 bits per heavy atom. The summed E-state index contributed by atoms with van der Waals surface area (Å²) in [4.78, 5) is 19.4. The van der Waals surface area contributed by atoms with Crippen LogP contribution in [0.1, 0.15) is 12.1 Å². The van der Waals surface area contributed by atoms with Gasteiger partial charge in [-0.1, -0.05) is 0 Å². The highest BCUT2D eigenvalue weighted by molar-refractivity contribution is 5.40. The van der Waals surface area contributed by atoms with Gasteiger partial charge in [-0.2, -0.15) is 4.98 Å². The van der Waals surface area contributed by atoms with Crippen LogP contribution in [-0.4, -0.2) is 46.2 Å². The molecule has 0 aromatic carbocycles. The Morgan fingerprint density at radius 3 is 3.05 bits per heavy atom. The summed E-state index contributed by atoms with van der Waals surface area (Å²) in [5, 5.41) is 3.34. The Balaban J connectivity index is 1.64. The minimum atomic E-state index is 0.291. The molecule has 0 bridgehead atoms. The van der Waals surface area contributed by atoms with E-state index in [1.807, 2.05) is 6.92 Å². The molecule has 110 valence electrons. The second kappa shape index (κ2) is 5.90. The maximum absolute atomic E-state index is 5.10. The maximum Gasteiger partial charge on any atom is 0.226 e. The van der Waals surface area contributed by atoms with Crippen molar-refractivity contribution in [1.29, 1.82) is 0 Å². The van der Waals surface area contributed by atoms with Crippen LogP contribution in [0.4, 0.5) is 11.8 Å². The summed E-state index contributed by atoms with van der Waals surface area (Å²) in [6.45, 7) is 3.75. The molecule has 0 spiro atoms.